The number of aldehydes is 1. The van der Waals surface area contributed by atoms with E-state index in [1.165, 1.54) is 20.3 Å². The van der Waals surface area contributed by atoms with Crippen molar-refractivity contribution >= 4 is 18.0 Å². The lowest BCUT2D eigenvalue weighted by Gasteiger charge is -2.42. The van der Waals surface area contributed by atoms with Crippen molar-refractivity contribution in [1.82, 2.24) is 0 Å². The molecule has 0 aromatic heterocycles. The minimum atomic E-state index is -1.22. The van der Waals surface area contributed by atoms with Crippen molar-refractivity contribution in [2.75, 3.05) is 20.8 Å². The highest BCUT2D eigenvalue weighted by Gasteiger charge is 2.45. The molecule has 12 atom stereocenters. The Labute approximate surface area is 249 Å². The summed E-state index contributed by atoms with van der Waals surface area (Å²) < 4.78 is 28.8. The third kappa shape index (κ3) is 9.77. The summed E-state index contributed by atoms with van der Waals surface area (Å²) in [6.07, 6.45) is -0.695. The van der Waals surface area contributed by atoms with Crippen LogP contribution in [-0.4, -0.2) is 103 Å². The molecule has 0 aromatic carbocycles. The SMILES string of the molecule is CCC1OC(=O)CC(O)C(C)C(O)C(CC=O)CC(C)C(=O)C=CC(C)=CC1COC1OC(C)C(O)C(OC)C1OC. The van der Waals surface area contributed by atoms with Crippen LogP contribution >= 0.6 is 0 Å². The monoisotopic (exact) mass is 598 g/mol. The molecule has 2 heterocycles. The van der Waals surface area contributed by atoms with Crippen LogP contribution in [0, 0.1) is 23.7 Å². The lowest BCUT2D eigenvalue weighted by atomic mass is 9.80. The van der Waals surface area contributed by atoms with Gasteiger partial charge in [0.25, 0.3) is 0 Å². The van der Waals surface area contributed by atoms with E-state index in [1.54, 1.807) is 26.8 Å². The molecule has 2 aliphatic rings. The first-order valence-corrected chi connectivity index (χ1v) is 14.8. The maximum atomic E-state index is 13.0. The van der Waals surface area contributed by atoms with Gasteiger partial charge < -0.3 is 43.8 Å². The molecule has 11 heteroatoms. The minimum Gasteiger partial charge on any atom is -0.462 e. The van der Waals surface area contributed by atoms with Crippen molar-refractivity contribution in [2.24, 2.45) is 23.7 Å². The van der Waals surface area contributed by atoms with Gasteiger partial charge in [0.1, 0.15) is 30.7 Å². The summed E-state index contributed by atoms with van der Waals surface area (Å²) in [5, 5.41) is 32.2. The van der Waals surface area contributed by atoms with E-state index in [-0.39, 0.29) is 31.7 Å². The molecule has 0 aliphatic carbocycles. The van der Waals surface area contributed by atoms with E-state index in [9.17, 15) is 29.7 Å². The Balaban J connectivity index is 2.38. The zero-order chi connectivity index (χ0) is 31.6. The fraction of sp³-hybridized carbons (Fsp3) is 0.774. The van der Waals surface area contributed by atoms with Gasteiger partial charge in [-0.05, 0) is 38.7 Å². The van der Waals surface area contributed by atoms with E-state index < -0.39 is 78.7 Å². The van der Waals surface area contributed by atoms with Crippen LogP contribution in [-0.2, 0) is 38.1 Å². The molecular formula is C31H50O11. The second kappa shape index (κ2) is 17.3. The average molecular weight is 599 g/mol. The fourth-order valence-electron chi connectivity index (χ4n) is 5.65. The topological polar surface area (TPSA) is 158 Å². The summed E-state index contributed by atoms with van der Waals surface area (Å²) >= 11 is 0. The number of cyclic esters (lactones) is 1. The third-order valence-corrected chi connectivity index (χ3v) is 8.45. The van der Waals surface area contributed by atoms with Gasteiger partial charge in [0.2, 0.25) is 0 Å². The molecule has 11 nitrogen and oxygen atoms in total. The van der Waals surface area contributed by atoms with Crippen molar-refractivity contribution < 1.29 is 53.4 Å². The summed E-state index contributed by atoms with van der Waals surface area (Å²) in [6, 6.07) is 0. The highest BCUT2D eigenvalue weighted by molar-refractivity contribution is 5.91. The Bertz CT molecular complexity index is 934. The molecule has 0 aromatic rings. The normalized spacial score (nSPS) is 39.4. The Morgan fingerprint density at radius 2 is 1.69 bits per heavy atom. The predicted molar refractivity (Wildman–Crippen MR) is 153 cm³/mol. The van der Waals surface area contributed by atoms with Gasteiger partial charge in [-0.15, -0.1) is 0 Å². The number of aliphatic hydroxyl groups excluding tert-OH is 3. The van der Waals surface area contributed by atoms with Gasteiger partial charge in [-0.25, -0.2) is 0 Å². The maximum absolute atomic E-state index is 13.0. The molecule has 2 aliphatic heterocycles. The highest BCUT2D eigenvalue weighted by Crippen LogP contribution is 2.29. The number of allylic oxidation sites excluding steroid dienone is 3. The third-order valence-electron chi connectivity index (χ3n) is 8.45. The number of carbonyl (C=O) groups is 3. The fourth-order valence-corrected chi connectivity index (χ4v) is 5.65. The number of ether oxygens (including phenoxy) is 5. The Kier molecular flexibility index (Phi) is 14.9. The largest absolute Gasteiger partial charge is 0.462 e. The minimum absolute atomic E-state index is 0.0278. The van der Waals surface area contributed by atoms with Crippen molar-refractivity contribution in [1.29, 1.82) is 0 Å². The van der Waals surface area contributed by atoms with Gasteiger partial charge in [-0.1, -0.05) is 38.5 Å². The van der Waals surface area contributed by atoms with Gasteiger partial charge in [0.05, 0.1) is 31.3 Å². The predicted octanol–water partition coefficient (Wildman–Crippen LogP) is 2.14. The van der Waals surface area contributed by atoms with Crippen molar-refractivity contribution in [2.45, 2.75) is 109 Å². The van der Waals surface area contributed by atoms with Gasteiger partial charge in [-0.2, -0.15) is 0 Å². The molecule has 0 radical (unpaired) electrons. The summed E-state index contributed by atoms with van der Waals surface area (Å²) in [5.74, 6) is -3.03. The molecule has 1 saturated heterocycles. The first-order valence-electron chi connectivity index (χ1n) is 14.8. The molecule has 42 heavy (non-hydrogen) atoms. The first kappa shape index (κ1) is 36.2. The van der Waals surface area contributed by atoms with Crippen LogP contribution in [0.4, 0.5) is 0 Å². The molecule has 240 valence electrons. The second-order valence-corrected chi connectivity index (χ2v) is 11.6. The lowest BCUT2D eigenvalue weighted by molar-refractivity contribution is -0.304. The molecule has 2 rings (SSSR count). The number of ketones is 1. The van der Waals surface area contributed by atoms with Crippen LogP contribution in [0.1, 0.15) is 60.3 Å². The molecule has 3 N–H and O–H groups in total. The van der Waals surface area contributed by atoms with Crippen LogP contribution in [0.15, 0.2) is 23.8 Å². The molecular weight excluding hydrogens is 548 g/mol. The van der Waals surface area contributed by atoms with Crippen molar-refractivity contribution in [3.63, 3.8) is 0 Å². The number of esters is 1. The zero-order valence-electron chi connectivity index (χ0n) is 25.9. The van der Waals surface area contributed by atoms with E-state index in [4.69, 9.17) is 23.7 Å². The van der Waals surface area contributed by atoms with Crippen LogP contribution in [0.2, 0.25) is 0 Å². The van der Waals surface area contributed by atoms with Gasteiger partial charge in [-0.3, -0.25) is 9.59 Å². The Hall–Kier alpha value is -1.99. The van der Waals surface area contributed by atoms with Crippen LogP contribution in [0.25, 0.3) is 0 Å². The smallest absolute Gasteiger partial charge is 0.308 e. The van der Waals surface area contributed by atoms with Gasteiger partial charge in [0.15, 0.2) is 12.1 Å². The molecule has 0 amide bonds. The number of aliphatic hydroxyl groups is 3. The van der Waals surface area contributed by atoms with Gasteiger partial charge >= 0.3 is 5.97 Å². The van der Waals surface area contributed by atoms with Gasteiger partial charge in [0, 0.05) is 38.4 Å². The lowest BCUT2D eigenvalue weighted by Crippen LogP contribution is -2.59. The number of hydrogen-bond donors (Lipinski definition) is 3. The van der Waals surface area contributed by atoms with Crippen LogP contribution in [0.3, 0.4) is 0 Å². The van der Waals surface area contributed by atoms with E-state index in [2.05, 4.69) is 0 Å². The van der Waals surface area contributed by atoms with Crippen molar-refractivity contribution in [3.8, 4) is 0 Å². The summed E-state index contributed by atoms with van der Waals surface area (Å²) in [4.78, 5) is 37.2. The standard InChI is InChI=1S/C31H50O11/c1-8-25-22(16-40-31-30(39-7)29(38-6)28(37)20(5)41-31)13-17(2)9-10-23(33)18(3)14-21(11-12-32)27(36)19(4)24(34)15-26(35)42-25/h9-10,12-13,18-22,24-25,27-31,34,36-37H,8,11,14-16H2,1-7H3. The zero-order valence-corrected chi connectivity index (χ0v) is 25.9. The number of methoxy groups -OCH3 is 2. The van der Waals surface area contributed by atoms with E-state index in [0.29, 0.717) is 12.7 Å². The van der Waals surface area contributed by atoms with E-state index >= 15 is 0 Å². The molecule has 0 bridgehead atoms. The molecule has 0 spiro atoms. The highest BCUT2D eigenvalue weighted by atomic mass is 16.7. The van der Waals surface area contributed by atoms with Crippen LogP contribution in [0.5, 0.6) is 0 Å². The average Bonchev–Trinajstić information content (AvgIpc) is 2.96. The Morgan fingerprint density at radius 1 is 1.02 bits per heavy atom. The Morgan fingerprint density at radius 3 is 2.29 bits per heavy atom. The van der Waals surface area contributed by atoms with Crippen molar-refractivity contribution in [3.05, 3.63) is 23.8 Å². The quantitative estimate of drug-likeness (QED) is 0.278. The first-order chi connectivity index (χ1) is 19.9. The number of hydrogen-bond acceptors (Lipinski definition) is 11. The van der Waals surface area contributed by atoms with E-state index in [0.717, 1.165) is 5.57 Å². The second-order valence-electron chi connectivity index (χ2n) is 11.6. The summed E-state index contributed by atoms with van der Waals surface area (Å²) in [6.45, 7) is 8.78. The van der Waals surface area contributed by atoms with E-state index in [1.807, 2.05) is 19.9 Å². The molecule has 12 unspecified atom stereocenters. The number of rotatable bonds is 8. The molecule has 1 fully saturated rings. The van der Waals surface area contributed by atoms with Crippen LogP contribution < -0.4 is 0 Å². The maximum Gasteiger partial charge on any atom is 0.308 e. The summed E-state index contributed by atoms with van der Waals surface area (Å²) in [5.41, 5.74) is 0.732. The molecule has 0 saturated carbocycles. The summed E-state index contributed by atoms with van der Waals surface area (Å²) in [7, 11) is 2.94. The number of carbonyl (C=O) groups excluding carboxylic acids is 3.